The molecule has 1 saturated heterocycles. The highest BCUT2D eigenvalue weighted by Gasteiger charge is 2.28. The van der Waals surface area contributed by atoms with E-state index in [-0.39, 0.29) is 0 Å². The van der Waals surface area contributed by atoms with Gasteiger partial charge in [-0.1, -0.05) is 5.92 Å². The van der Waals surface area contributed by atoms with Crippen molar-refractivity contribution in [3.05, 3.63) is 0 Å². The van der Waals surface area contributed by atoms with E-state index >= 15 is 0 Å². The molecule has 1 fully saturated rings. The van der Waals surface area contributed by atoms with Gasteiger partial charge in [0.05, 0.1) is 6.54 Å². The zero-order chi connectivity index (χ0) is 12.0. The van der Waals surface area contributed by atoms with Crippen molar-refractivity contribution in [2.24, 2.45) is 0 Å². The Bertz CT molecular complexity index is 232. The third-order valence-electron chi connectivity index (χ3n) is 3.23. The molecule has 92 valence electrons. The Balaban J connectivity index is 2.35. The van der Waals surface area contributed by atoms with E-state index in [2.05, 4.69) is 42.1 Å². The quantitative estimate of drug-likeness (QED) is 0.526. The van der Waals surface area contributed by atoms with Gasteiger partial charge in [0.15, 0.2) is 0 Å². The summed E-state index contributed by atoms with van der Waals surface area (Å²) in [6.07, 6.45) is 7.89. The summed E-state index contributed by atoms with van der Waals surface area (Å²) in [7, 11) is 4.30. The van der Waals surface area contributed by atoms with E-state index < -0.39 is 0 Å². The fraction of sp³-hybridized carbons (Fsp3) is 0.846. The van der Waals surface area contributed by atoms with Gasteiger partial charge in [0.1, 0.15) is 0 Å². The van der Waals surface area contributed by atoms with E-state index in [9.17, 15) is 0 Å². The molecule has 0 bridgehead atoms. The number of rotatable bonds is 6. The van der Waals surface area contributed by atoms with Crippen LogP contribution in [0.2, 0.25) is 0 Å². The molecule has 16 heavy (non-hydrogen) atoms. The smallest absolute Gasteiger partial charge is 0.0574 e. The minimum atomic E-state index is 0.584. The van der Waals surface area contributed by atoms with Crippen LogP contribution in [0.4, 0.5) is 0 Å². The first kappa shape index (κ1) is 13.5. The number of terminal acetylenes is 1. The van der Waals surface area contributed by atoms with E-state index in [4.69, 9.17) is 6.42 Å². The molecule has 0 aromatic heterocycles. The third kappa shape index (κ3) is 4.13. The maximum atomic E-state index is 5.23. The number of nitrogens with zero attached hydrogens (tertiary/aromatic N) is 2. The van der Waals surface area contributed by atoms with Gasteiger partial charge >= 0.3 is 0 Å². The summed E-state index contributed by atoms with van der Waals surface area (Å²) in [6, 6.07) is 1.30. The Labute approximate surface area is 100 Å². The zero-order valence-corrected chi connectivity index (χ0v) is 10.9. The van der Waals surface area contributed by atoms with Crippen LogP contribution in [-0.2, 0) is 0 Å². The van der Waals surface area contributed by atoms with Crippen LogP contribution in [0.1, 0.15) is 19.8 Å². The SMILES string of the molecule is C#CCNCC(C)N1CCCC1CN(C)C. The molecule has 0 saturated carbocycles. The van der Waals surface area contributed by atoms with Gasteiger partial charge in [-0.25, -0.2) is 0 Å². The second-order valence-electron chi connectivity index (χ2n) is 4.98. The Morgan fingerprint density at radius 2 is 2.31 bits per heavy atom. The standard InChI is InChI=1S/C13H25N3/c1-5-8-14-10-12(2)16-9-6-7-13(16)11-15(3)4/h1,12-14H,6-11H2,2-4H3. The predicted molar refractivity (Wildman–Crippen MR) is 69.4 cm³/mol. The van der Waals surface area contributed by atoms with E-state index in [0.29, 0.717) is 12.6 Å². The molecule has 0 spiro atoms. The molecule has 1 N–H and O–H groups in total. The lowest BCUT2D eigenvalue weighted by Crippen LogP contribution is -2.46. The normalized spacial score (nSPS) is 23.6. The fourth-order valence-electron chi connectivity index (χ4n) is 2.53. The number of hydrogen-bond acceptors (Lipinski definition) is 3. The first-order valence-corrected chi connectivity index (χ1v) is 6.19. The van der Waals surface area contributed by atoms with Crippen LogP contribution in [-0.4, -0.2) is 62.2 Å². The van der Waals surface area contributed by atoms with Gasteiger partial charge < -0.3 is 10.2 Å². The second-order valence-corrected chi connectivity index (χ2v) is 4.98. The molecule has 2 atom stereocenters. The Kier molecular flexibility index (Phi) is 5.83. The van der Waals surface area contributed by atoms with Crippen molar-refractivity contribution in [3.63, 3.8) is 0 Å². The van der Waals surface area contributed by atoms with Crippen LogP contribution in [0.25, 0.3) is 0 Å². The van der Waals surface area contributed by atoms with Crippen LogP contribution in [0.3, 0.4) is 0 Å². The average Bonchev–Trinajstić information content (AvgIpc) is 2.65. The summed E-state index contributed by atoms with van der Waals surface area (Å²) in [4.78, 5) is 4.90. The molecule has 1 aliphatic rings. The highest BCUT2D eigenvalue weighted by molar-refractivity contribution is 4.89. The molecule has 0 aromatic rings. The van der Waals surface area contributed by atoms with Gasteiger partial charge in [-0.05, 0) is 40.4 Å². The number of likely N-dealkylation sites (tertiary alicyclic amines) is 1. The minimum Gasteiger partial charge on any atom is -0.308 e. The Hall–Kier alpha value is -0.560. The maximum Gasteiger partial charge on any atom is 0.0574 e. The highest BCUT2D eigenvalue weighted by atomic mass is 15.2. The summed E-state index contributed by atoms with van der Waals surface area (Å²) in [5, 5.41) is 3.29. The van der Waals surface area contributed by atoms with Crippen LogP contribution in [0.15, 0.2) is 0 Å². The van der Waals surface area contributed by atoms with Crippen molar-refractivity contribution >= 4 is 0 Å². The molecule has 0 aliphatic carbocycles. The zero-order valence-electron chi connectivity index (χ0n) is 10.9. The van der Waals surface area contributed by atoms with Crippen molar-refractivity contribution in [3.8, 4) is 12.3 Å². The summed E-state index contributed by atoms with van der Waals surface area (Å²) >= 11 is 0. The lowest BCUT2D eigenvalue weighted by Gasteiger charge is -2.32. The third-order valence-corrected chi connectivity index (χ3v) is 3.23. The molecule has 1 rings (SSSR count). The molecule has 3 nitrogen and oxygen atoms in total. The monoisotopic (exact) mass is 223 g/mol. The average molecular weight is 223 g/mol. The van der Waals surface area contributed by atoms with Crippen molar-refractivity contribution in [2.45, 2.75) is 31.8 Å². The van der Waals surface area contributed by atoms with Gasteiger partial charge in [-0.3, -0.25) is 4.90 Å². The highest BCUT2D eigenvalue weighted by Crippen LogP contribution is 2.20. The Morgan fingerprint density at radius 3 is 2.94 bits per heavy atom. The van der Waals surface area contributed by atoms with E-state index in [1.165, 1.54) is 25.9 Å². The lowest BCUT2D eigenvalue weighted by atomic mass is 10.2. The van der Waals surface area contributed by atoms with Crippen LogP contribution < -0.4 is 5.32 Å². The minimum absolute atomic E-state index is 0.584. The summed E-state index contributed by atoms with van der Waals surface area (Å²) < 4.78 is 0. The first-order chi connectivity index (χ1) is 7.65. The van der Waals surface area contributed by atoms with E-state index in [1.54, 1.807) is 0 Å². The molecule has 1 heterocycles. The molecule has 0 radical (unpaired) electrons. The molecule has 3 heteroatoms. The molecule has 2 unspecified atom stereocenters. The van der Waals surface area contributed by atoms with Gasteiger partial charge in [-0.15, -0.1) is 6.42 Å². The molecule has 0 amide bonds. The van der Waals surface area contributed by atoms with Crippen molar-refractivity contribution in [2.75, 3.05) is 40.3 Å². The topological polar surface area (TPSA) is 18.5 Å². The van der Waals surface area contributed by atoms with Gasteiger partial charge in [0, 0.05) is 25.2 Å². The van der Waals surface area contributed by atoms with Crippen molar-refractivity contribution in [1.29, 1.82) is 0 Å². The summed E-state index contributed by atoms with van der Waals surface area (Å²) in [6.45, 7) is 6.36. The van der Waals surface area contributed by atoms with Gasteiger partial charge in [0.2, 0.25) is 0 Å². The predicted octanol–water partition coefficient (Wildman–Crippen LogP) is 0.624. The number of likely N-dealkylation sites (N-methyl/N-ethyl adjacent to an activating group) is 1. The van der Waals surface area contributed by atoms with Crippen molar-refractivity contribution in [1.82, 2.24) is 15.1 Å². The second kappa shape index (κ2) is 6.90. The molecule has 0 aromatic carbocycles. The van der Waals surface area contributed by atoms with Crippen LogP contribution >= 0.6 is 0 Å². The lowest BCUT2D eigenvalue weighted by molar-refractivity contribution is 0.160. The van der Waals surface area contributed by atoms with Crippen LogP contribution in [0.5, 0.6) is 0 Å². The number of hydrogen-bond donors (Lipinski definition) is 1. The van der Waals surface area contributed by atoms with E-state index in [0.717, 1.165) is 12.6 Å². The molecular weight excluding hydrogens is 198 g/mol. The summed E-state index contributed by atoms with van der Waals surface area (Å²) in [5.41, 5.74) is 0. The van der Waals surface area contributed by atoms with Crippen molar-refractivity contribution < 1.29 is 0 Å². The Morgan fingerprint density at radius 1 is 1.56 bits per heavy atom. The van der Waals surface area contributed by atoms with Crippen LogP contribution in [0, 0.1) is 12.3 Å². The molecule has 1 aliphatic heterocycles. The van der Waals surface area contributed by atoms with Gasteiger partial charge in [0.25, 0.3) is 0 Å². The number of nitrogens with one attached hydrogen (secondary N) is 1. The van der Waals surface area contributed by atoms with E-state index in [1.807, 2.05) is 0 Å². The molecular formula is C13H25N3. The largest absolute Gasteiger partial charge is 0.308 e. The van der Waals surface area contributed by atoms with Gasteiger partial charge in [-0.2, -0.15) is 0 Å². The fourth-order valence-corrected chi connectivity index (χ4v) is 2.53. The first-order valence-electron chi connectivity index (χ1n) is 6.19. The summed E-state index contributed by atoms with van der Waals surface area (Å²) in [5.74, 6) is 2.62. The maximum absolute atomic E-state index is 5.23.